The summed E-state index contributed by atoms with van der Waals surface area (Å²) in [6, 6.07) is 1.98. The summed E-state index contributed by atoms with van der Waals surface area (Å²) in [7, 11) is 0. The third-order valence-electron chi connectivity index (χ3n) is 6.22. The molecule has 1 aliphatic carbocycles. The Morgan fingerprint density at radius 2 is 1.87 bits per heavy atom. The van der Waals surface area contributed by atoms with Crippen LogP contribution in [0.1, 0.15) is 58.2 Å². The zero-order chi connectivity index (χ0) is 21.9. The number of carbonyl (C=O) groups excluding carboxylic acids is 2. The maximum Gasteiger partial charge on any atom is 0.289 e. The van der Waals surface area contributed by atoms with Crippen LogP contribution in [0.3, 0.4) is 0 Å². The van der Waals surface area contributed by atoms with E-state index in [1.165, 1.54) is 6.33 Å². The van der Waals surface area contributed by atoms with Gasteiger partial charge in [0.2, 0.25) is 0 Å². The third-order valence-corrected chi connectivity index (χ3v) is 6.22. The molecular formula is C22H26N6O3. The van der Waals surface area contributed by atoms with Crippen molar-refractivity contribution in [3.05, 3.63) is 40.7 Å². The van der Waals surface area contributed by atoms with Crippen molar-refractivity contribution in [1.82, 2.24) is 24.5 Å². The molecule has 9 heteroatoms. The molecule has 9 nitrogen and oxygen atoms in total. The standard InChI is InChI=1S/C22H26N6O3/c1-13-9-17(28-21(25-13)23-12-24-28)26-5-7-27(8-6-26)20(30)19-14(2)18-15(29)10-22(3,4)11-16(18)31-19/h9,12H,5-8,10-11H2,1-4H3. The number of rotatable bonds is 2. The predicted molar refractivity (Wildman–Crippen MR) is 114 cm³/mol. The summed E-state index contributed by atoms with van der Waals surface area (Å²) < 4.78 is 7.70. The summed E-state index contributed by atoms with van der Waals surface area (Å²) in [5.74, 6) is 2.38. The number of fused-ring (bicyclic) bond motifs is 2. The minimum atomic E-state index is -0.144. The van der Waals surface area contributed by atoms with Gasteiger partial charge in [-0.05, 0) is 19.3 Å². The number of carbonyl (C=O) groups is 2. The lowest BCUT2D eigenvalue weighted by atomic mass is 9.76. The van der Waals surface area contributed by atoms with E-state index >= 15 is 0 Å². The highest BCUT2D eigenvalue weighted by Gasteiger charge is 2.38. The normalized spacial score (nSPS) is 18.5. The summed E-state index contributed by atoms with van der Waals surface area (Å²) in [4.78, 5) is 38.4. The molecule has 2 aliphatic rings. The van der Waals surface area contributed by atoms with Crippen molar-refractivity contribution in [3.63, 3.8) is 0 Å². The maximum absolute atomic E-state index is 13.2. The van der Waals surface area contributed by atoms with Gasteiger partial charge in [-0.1, -0.05) is 13.8 Å². The van der Waals surface area contributed by atoms with E-state index < -0.39 is 0 Å². The summed E-state index contributed by atoms with van der Waals surface area (Å²) in [5, 5.41) is 4.28. The van der Waals surface area contributed by atoms with Gasteiger partial charge < -0.3 is 14.2 Å². The minimum Gasteiger partial charge on any atom is -0.455 e. The quantitative estimate of drug-likeness (QED) is 0.626. The van der Waals surface area contributed by atoms with Crippen molar-refractivity contribution < 1.29 is 14.0 Å². The van der Waals surface area contributed by atoms with Crippen LogP contribution in [0.4, 0.5) is 5.82 Å². The first-order valence-corrected chi connectivity index (χ1v) is 10.6. The van der Waals surface area contributed by atoms with E-state index in [0.717, 1.165) is 11.5 Å². The Morgan fingerprint density at radius 3 is 2.61 bits per heavy atom. The molecule has 1 amide bonds. The molecule has 1 saturated heterocycles. The van der Waals surface area contributed by atoms with Crippen LogP contribution in [0.2, 0.25) is 0 Å². The van der Waals surface area contributed by atoms with Crippen LogP contribution in [0, 0.1) is 19.3 Å². The highest BCUT2D eigenvalue weighted by molar-refractivity contribution is 6.03. The number of aryl methyl sites for hydroxylation is 1. The Hall–Kier alpha value is -3.23. The maximum atomic E-state index is 13.2. The van der Waals surface area contributed by atoms with E-state index in [2.05, 4.69) is 33.8 Å². The summed E-state index contributed by atoms with van der Waals surface area (Å²) in [6.45, 7) is 10.3. The topological polar surface area (TPSA) is 96.8 Å². The lowest BCUT2D eigenvalue weighted by Gasteiger charge is -2.35. The molecular weight excluding hydrogens is 396 g/mol. The van der Waals surface area contributed by atoms with E-state index in [0.29, 0.717) is 67.4 Å². The fourth-order valence-corrected chi connectivity index (χ4v) is 4.71. The number of hydrogen-bond donors (Lipinski definition) is 0. The minimum absolute atomic E-state index is 0.0706. The van der Waals surface area contributed by atoms with Crippen LogP contribution >= 0.6 is 0 Å². The zero-order valence-electron chi connectivity index (χ0n) is 18.3. The average Bonchev–Trinajstić information content (AvgIpc) is 3.30. The third kappa shape index (κ3) is 3.28. The van der Waals surface area contributed by atoms with Crippen molar-refractivity contribution in [1.29, 1.82) is 0 Å². The van der Waals surface area contributed by atoms with Crippen LogP contribution in [0.5, 0.6) is 0 Å². The van der Waals surface area contributed by atoms with Crippen molar-refractivity contribution in [2.24, 2.45) is 5.41 Å². The molecule has 0 spiro atoms. The molecule has 4 heterocycles. The van der Waals surface area contributed by atoms with Crippen LogP contribution in [-0.2, 0) is 6.42 Å². The molecule has 0 unspecified atom stereocenters. The highest BCUT2D eigenvalue weighted by atomic mass is 16.4. The number of nitrogens with zero attached hydrogens (tertiary/aromatic N) is 6. The van der Waals surface area contributed by atoms with E-state index in [1.807, 2.05) is 19.9 Å². The van der Waals surface area contributed by atoms with Gasteiger partial charge in [0.1, 0.15) is 17.9 Å². The SMILES string of the molecule is Cc1cc(N2CCN(C(=O)c3oc4c(c3C)C(=O)CC(C)(C)C4)CC2)n2ncnc2n1. The summed E-state index contributed by atoms with van der Waals surface area (Å²) in [5.41, 5.74) is 2.02. The van der Waals surface area contributed by atoms with Gasteiger partial charge in [0, 0.05) is 56.3 Å². The largest absolute Gasteiger partial charge is 0.455 e. The number of hydrogen-bond acceptors (Lipinski definition) is 7. The van der Waals surface area contributed by atoms with Crippen molar-refractivity contribution in [3.8, 4) is 0 Å². The average molecular weight is 422 g/mol. The zero-order valence-corrected chi connectivity index (χ0v) is 18.3. The molecule has 3 aromatic heterocycles. The van der Waals surface area contributed by atoms with E-state index in [9.17, 15) is 9.59 Å². The van der Waals surface area contributed by atoms with Gasteiger partial charge in [0.05, 0.1) is 5.56 Å². The number of furan rings is 1. The van der Waals surface area contributed by atoms with E-state index in [-0.39, 0.29) is 17.1 Å². The Bertz CT molecular complexity index is 1200. The Balaban J connectivity index is 1.35. The van der Waals surface area contributed by atoms with Crippen molar-refractivity contribution in [2.45, 2.75) is 40.5 Å². The molecule has 0 N–H and O–H groups in total. The number of ketones is 1. The first-order valence-electron chi connectivity index (χ1n) is 10.6. The van der Waals surface area contributed by atoms with Gasteiger partial charge in [-0.2, -0.15) is 14.6 Å². The number of anilines is 1. The number of piperazine rings is 1. The number of aromatic nitrogens is 4. The summed E-state index contributed by atoms with van der Waals surface area (Å²) in [6.07, 6.45) is 2.65. The van der Waals surface area contributed by atoms with Crippen molar-refractivity contribution in [2.75, 3.05) is 31.1 Å². The summed E-state index contributed by atoms with van der Waals surface area (Å²) >= 11 is 0. The van der Waals surface area contributed by atoms with Crippen molar-refractivity contribution >= 4 is 23.3 Å². The van der Waals surface area contributed by atoms with Gasteiger partial charge >= 0.3 is 0 Å². The lowest BCUT2D eigenvalue weighted by Crippen LogP contribution is -2.49. The van der Waals surface area contributed by atoms with Gasteiger partial charge in [0.25, 0.3) is 11.7 Å². The van der Waals surface area contributed by atoms with Gasteiger partial charge in [-0.3, -0.25) is 9.59 Å². The molecule has 0 aromatic carbocycles. The molecule has 1 aliphatic heterocycles. The second-order valence-corrected chi connectivity index (χ2v) is 9.30. The fourth-order valence-electron chi connectivity index (χ4n) is 4.71. The monoisotopic (exact) mass is 422 g/mol. The number of Topliss-reactive ketones (excluding diaryl/α,β-unsaturated/α-hetero) is 1. The Labute approximate surface area is 180 Å². The highest BCUT2D eigenvalue weighted by Crippen LogP contribution is 2.38. The second-order valence-electron chi connectivity index (χ2n) is 9.30. The Morgan fingerprint density at radius 1 is 1.13 bits per heavy atom. The second kappa shape index (κ2) is 6.90. The molecule has 0 saturated carbocycles. The lowest BCUT2D eigenvalue weighted by molar-refractivity contribution is 0.0708. The number of amides is 1. The van der Waals surface area contributed by atoms with E-state index in [4.69, 9.17) is 4.42 Å². The van der Waals surface area contributed by atoms with Gasteiger partial charge in [-0.15, -0.1) is 0 Å². The molecule has 0 atom stereocenters. The Kier molecular flexibility index (Phi) is 4.39. The van der Waals surface area contributed by atoms with Crippen LogP contribution in [0.15, 0.2) is 16.8 Å². The molecule has 31 heavy (non-hydrogen) atoms. The van der Waals surface area contributed by atoms with Gasteiger partial charge in [-0.25, -0.2) is 4.98 Å². The fraction of sp³-hybridized carbons (Fsp3) is 0.500. The van der Waals surface area contributed by atoms with Gasteiger partial charge in [0.15, 0.2) is 11.5 Å². The first kappa shape index (κ1) is 19.7. The molecule has 3 aromatic rings. The first-order chi connectivity index (χ1) is 14.7. The van der Waals surface area contributed by atoms with Crippen LogP contribution in [0.25, 0.3) is 5.78 Å². The van der Waals surface area contributed by atoms with E-state index in [1.54, 1.807) is 9.42 Å². The molecule has 0 radical (unpaired) electrons. The predicted octanol–water partition coefficient (Wildman–Crippen LogP) is 2.45. The molecule has 0 bridgehead atoms. The van der Waals surface area contributed by atoms with Crippen LogP contribution < -0.4 is 4.90 Å². The molecule has 5 rings (SSSR count). The smallest absolute Gasteiger partial charge is 0.289 e. The molecule has 1 fully saturated rings. The molecule has 162 valence electrons. The van der Waals surface area contributed by atoms with Crippen LogP contribution in [-0.4, -0.2) is 62.4 Å².